The largest absolute Gasteiger partial charge is 0.377 e. The van der Waals surface area contributed by atoms with Crippen molar-refractivity contribution in [2.45, 2.75) is 25.9 Å². The maximum Gasteiger partial charge on any atom is 0.191 e. The van der Waals surface area contributed by atoms with Crippen molar-refractivity contribution in [3.8, 4) is 0 Å². The van der Waals surface area contributed by atoms with Gasteiger partial charge in [0.2, 0.25) is 0 Å². The molecule has 1 aromatic heterocycles. The van der Waals surface area contributed by atoms with Crippen molar-refractivity contribution < 1.29 is 4.74 Å². The van der Waals surface area contributed by atoms with Gasteiger partial charge in [0.25, 0.3) is 0 Å². The number of hydrogen-bond donors (Lipinski definition) is 2. The summed E-state index contributed by atoms with van der Waals surface area (Å²) in [5, 5.41) is 6.51. The van der Waals surface area contributed by atoms with Gasteiger partial charge >= 0.3 is 0 Å². The molecule has 6 heteroatoms. The number of halogens is 1. The lowest BCUT2D eigenvalue weighted by Crippen LogP contribution is -2.45. The van der Waals surface area contributed by atoms with Crippen LogP contribution in [0.25, 0.3) is 0 Å². The number of thiophene rings is 1. The molecule has 1 rings (SSSR count). The molecule has 0 radical (unpaired) electrons. The highest BCUT2D eigenvalue weighted by atomic mass is 35.5. The quantitative estimate of drug-likeness (QED) is 0.627. The van der Waals surface area contributed by atoms with Crippen LogP contribution in [0.5, 0.6) is 0 Å². The Kier molecular flexibility index (Phi) is 6.62. The van der Waals surface area contributed by atoms with E-state index in [-0.39, 0.29) is 5.60 Å². The maximum atomic E-state index is 5.89. The van der Waals surface area contributed by atoms with Crippen molar-refractivity contribution in [2.75, 3.05) is 27.2 Å². The second-order valence-electron chi connectivity index (χ2n) is 4.77. The first-order valence-electron chi connectivity index (χ1n) is 6.21. The number of guanidine groups is 1. The van der Waals surface area contributed by atoms with Crippen LogP contribution in [0.4, 0.5) is 0 Å². The highest BCUT2D eigenvalue weighted by Crippen LogP contribution is 2.21. The van der Waals surface area contributed by atoms with E-state index in [2.05, 4.69) is 21.7 Å². The summed E-state index contributed by atoms with van der Waals surface area (Å²) in [6.45, 7) is 5.58. The number of hydrogen-bond acceptors (Lipinski definition) is 3. The van der Waals surface area contributed by atoms with Gasteiger partial charge in [-0.05, 0) is 32.4 Å². The van der Waals surface area contributed by atoms with Crippen molar-refractivity contribution in [3.05, 3.63) is 21.3 Å². The van der Waals surface area contributed by atoms with Crippen LogP contribution >= 0.6 is 22.9 Å². The lowest BCUT2D eigenvalue weighted by Gasteiger charge is -2.24. The molecule has 19 heavy (non-hydrogen) atoms. The highest BCUT2D eigenvalue weighted by molar-refractivity contribution is 7.16. The standard InChI is InChI=1S/C13H22ClN3OS/c1-13(2,18-4)9-17-12(15-3)16-8-7-10-5-6-11(14)19-10/h5-6H,7-9H2,1-4H3,(H2,15,16,17). The zero-order valence-electron chi connectivity index (χ0n) is 11.9. The second kappa shape index (κ2) is 7.72. The maximum absolute atomic E-state index is 5.89. The molecule has 0 amide bonds. The molecule has 4 nitrogen and oxygen atoms in total. The first-order chi connectivity index (χ1) is 8.96. The van der Waals surface area contributed by atoms with E-state index in [1.54, 1.807) is 25.5 Å². The monoisotopic (exact) mass is 303 g/mol. The third-order valence-electron chi connectivity index (χ3n) is 2.75. The summed E-state index contributed by atoms with van der Waals surface area (Å²) in [6.07, 6.45) is 0.936. The Morgan fingerprint density at radius 1 is 1.42 bits per heavy atom. The third kappa shape index (κ3) is 6.27. The fraction of sp³-hybridized carbons (Fsp3) is 0.615. The Morgan fingerprint density at radius 2 is 2.16 bits per heavy atom. The van der Waals surface area contributed by atoms with Gasteiger partial charge in [0.15, 0.2) is 5.96 Å². The van der Waals surface area contributed by atoms with Gasteiger partial charge in [0.05, 0.1) is 9.94 Å². The van der Waals surface area contributed by atoms with Crippen LogP contribution in [-0.4, -0.2) is 38.8 Å². The second-order valence-corrected chi connectivity index (χ2v) is 6.57. The summed E-state index contributed by atoms with van der Waals surface area (Å²) >= 11 is 7.51. The summed E-state index contributed by atoms with van der Waals surface area (Å²) in [6, 6.07) is 3.98. The number of ether oxygens (including phenoxy) is 1. The van der Waals surface area contributed by atoms with Crippen LogP contribution in [0.15, 0.2) is 17.1 Å². The van der Waals surface area contributed by atoms with E-state index in [1.165, 1.54) is 4.88 Å². The lowest BCUT2D eigenvalue weighted by molar-refractivity contribution is 0.0268. The predicted molar refractivity (Wildman–Crippen MR) is 83.5 cm³/mol. The van der Waals surface area contributed by atoms with Gasteiger partial charge in [0.1, 0.15) is 0 Å². The van der Waals surface area contributed by atoms with Gasteiger partial charge < -0.3 is 15.4 Å². The third-order valence-corrected chi connectivity index (χ3v) is 4.04. The summed E-state index contributed by atoms with van der Waals surface area (Å²) in [5.41, 5.74) is -0.209. The van der Waals surface area contributed by atoms with Crippen molar-refractivity contribution >= 4 is 28.9 Å². The minimum absolute atomic E-state index is 0.209. The molecule has 0 aliphatic rings. The fourth-order valence-electron chi connectivity index (χ4n) is 1.38. The van der Waals surface area contributed by atoms with E-state index >= 15 is 0 Å². The van der Waals surface area contributed by atoms with E-state index in [0.29, 0.717) is 6.54 Å². The molecular formula is C13H22ClN3OS. The molecule has 0 fully saturated rings. The van der Waals surface area contributed by atoms with Gasteiger partial charge in [-0.25, -0.2) is 0 Å². The minimum Gasteiger partial charge on any atom is -0.377 e. The zero-order chi connectivity index (χ0) is 14.3. The van der Waals surface area contributed by atoms with Crippen molar-refractivity contribution in [1.82, 2.24) is 10.6 Å². The van der Waals surface area contributed by atoms with Crippen LogP contribution in [0, 0.1) is 0 Å². The molecule has 108 valence electrons. The summed E-state index contributed by atoms with van der Waals surface area (Å²) in [5.74, 6) is 0.785. The normalized spacial score (nSPS) is 12.6. The first-order valence-corrected chi connectivity index (χ1v) is 7.40. The average Bonchev–Trinajstić information content (AvgIpc) is 2.79. The summed E-state index contributed by atoms with van der Waals surface area (Å²) < 4.78 is 6.18. The Bertz CT molecular complexity index is 418. The van der Waals surface area contributed by atoms with Crippen LogP contribution in [0.1, 0.15) is 18.7 Å². The molecular weight excluding hydrogens is 282 g/mol. The molecule has 0 aliphatic carbocycles. The van der Waals surface area contributed by atoms with E-state index in [9.17, 15) is 0 Å². The smallest absolute Gasteiger partial charge is 0.191 e. The molecule has 0 saturated carbocycles. The van der Waals surface area contributed by atoms with Gasteiger partial charge in [0, 0.05) is 32.1 Å². The van der Waals surface area contributed by atoms with Gasteiger partial charge in [-0.3, -0.25) is 4.99 Å². The Morgan fingerprint density at radius 3 is 2.68 bits per heavy atom. The number of methoxy groups -OCH3 is 1. The Hall–Kier alpha value is -0.780. The van der Waals surface area contributed by atoms with Crippen LogP contribution in [0.3, 0.4) is 0 Å². The summed E-state index contributed by atoms with van der Waals surface area (Å²) in [4.78, 5) is 5.45. The van der Waals surface area contributed by atoms with Crippen LogP contribution in [-0.2, 0) is 11.2 Å². The van der Waals surface area contributed by atoms with Crippen molar-refractivity contribution in [3.63, 3.8) is 0 Å². The molecule has 0 spiro atoms. The lowest BCUT2D eigenvalue weighted by atomic mass is 10.1. The molecule has 1 heterocycles. The van der Waals surface area contributed by atoms with Gasteiger partial charge in [-0.15, -0.1) is 11.3 Å². The summed E-state index contributed by atoms with van der Waals surface area (Å²) in [7, 11) is 3.47. The zero-order valence-corrected chi connectivity index (χ0v) is 13.5. The molecule has 0 bridgehead atoms. The van der Waals surface area contributed by atoms with Crippen LogP contribution in [0.2, 0.25) is 4.34 Å². The molecule has 1 aromatic rings. The molecule has 0 aromatic carbocycles. The predicted octanol–water partition coefficient (Wildman–Crippen LogP) is 2.53. The number of rotatable bonds is 6. The van der Waals surface area contributed by atoms with E-state index in [4.69, 9.17) is 16.3 Å². The van der Waals surface area contributed by atoms with Gasteiger partial charge in [-0.2, -0.15) is 0 Å². The number of nitrogens with one attached hydrogen (secondary N) is 2. The van der Waals surface area contributed by atoms with Crippen molar-refractivity contribution in [1.29, 1.82) is 0 Å². The molecule has 0 unspecified atom stereocenters. The number of nitrogens with zero attached hydrogens (tertiary/aromatic N) is 1. The molecule has 0 aliphatic heterocycles. The van der Waals surface area contributed by atoms with Crippen LogP contribution < -0.4 is 10.6 Å². The first kappa shape index (κ1) is 16.3. The Labute approximate surface area is 124 Å². The topological polar surface area (TPSA) is 45.7 Å². The van der Waals surface area contributed by atoms with E-state index in [0.717, 1.165) is 23.3 Å². The SMILES string of the molecule is CN=C(NCCc1ccc(Cl)s1)NCC(C)(C)OC. The molecule has 0 atom stereocenters. The minimum atomic E-state index is -0.209. The fourth-order valence-corrected chi connectivity index (χ4v) is 2.47. The molecule has 2 N–H and O–H groups in total. The van der Waals surface area contributed by atoms with E-state index < -0.39 is 0 Å². The van der Waals surface area contributed by atoms with E-state index in [1.807, 2.05) is 19.9 Å². The van der Waals surface area contributed by atoms with Gasteiger partial charge in [-0.1, -0.05) is 11.6 Å². The Balaban J connectivity index is 2.30. The molecule has 0 saturated heterocycles. The average molecular weight is 304 g/mol. The van der Waals surface area contributed by atoms with Crippen molar-refractivity contribution in [2.24, 2.45) is 4.99 Å². The number of aliphatic imine (C=N–C) groups is 1. The highest BCUT2D eigenvalue weighted by Gasteiger charge is 2.16.